The number of aryl methyl sites for hydroxylation is 1. The first-order chi connectivity index (χ1) is 9.95. The largest absolute Gasteiger partial charge is 0.396 e. The normalized spacial score (nSPS) is 13.3. The van der Waals surface area contributed by atoms with Crippen LogP contribution < -0.4 is 4.72 Å². The summed E-state index contributed by atoms with van der Waals surface area (Å²) in [6, 6.07) is 8.50. The van der Waals surface area contributed by atoms with Crippen LogP contribution in [0.25, 0.3) is 0 Å². The summed E-state index contributed by atoms with van der Waals surface area (Å²) in [5.41, 5.74) is 0.766. The molecule has 0 aliphatic rings. The molecule has 2 aromatic rings. The molecule has 0 bridgehead atoms. The molecule has 0 saturated carbocycles. The van der Waals surface area contributed by atoms with Gasteiger partial charge in [-0.15, -0.1) is 0 Å². The zero-order valence-electron chi connectivity index (χ0n) is 11.4. The fraction of sp³-hybridized carbons (Fsp3) is 0.308. The SMILES string of the molecule is Cn1cnc(S(=O)(=O)N[C@H](CCO)c2ccccc2)c1Cl. The van der Waals surface area contributed by atoms with E-state index in [0.717, 1.165) is 5.56 Å². The Morgan fingerprint density at radius 2 is 2.05 bits per heavy atom. The lowest BCUT2D eigenvalue weighted by Gasteiger charge is -2.17. The maximum atomic E-state index is 12.4. The number of nitrogens with one attached hydrogen (secondary N) is 1. The van der Waals surface area contributed by atoms with Gasteiger partial charge in [-0.25, -0.2) is 18.1 Å². The summed E-state index contributed by atoms with van der Waals surface area (Å²) in [5, 5.41) is 8.97. The molecular formula is C13H16ClN3O3S. The zero-order chi connectivity index (χ0) is 15.5. The van der Waals surface area contributed by atoms with E-state index >= 15 is 0 Å². The first kappa shape index (κ1) is 16.0. The zero-order valence-corrected chi connectivity index (χ0v) is 13.0. The summed E-state index contributed by atoms with van der Waals surface area (Å²) < 4.78 is 28.7. The fourth-order valence-electron chi connectivity index (χ4n) is 1.93. The van der Waals surface area contributed by atoms with Crippen LogP contribution in [0.3, 0.4) is 0 Å². The second-order valence-corrected chi connectivity index (χ2v) is 6.54. The Morgan fingerprint density at radius 3 is 2.57 bits per heavy atom. The van der Waals surface area contributed by atoms with E-state index in [1.807, 2.05) is 18.2 Å². The summed E-state index contributed by atoms with van der Waals surface area (Å²) >= 11 is 5.93. The van der Waals surface area contributed by atoms with Gasteiger partial charge in [0.1, 0.15) is 5.15 Å². The molecule has 0 radical (unpaired) electrons. The first-order valence-electron chi connectivity index (χ1n) is 6.30. The van der Waals surface area contributed by atoms with E-state index < -0.39 is 16.1 Å². The first-order valence-corrected chi connectivity index (χ1v) is 8.17. The van der Waals surface area contributed by atoms with Crippen molar-refractivity contribution < 1.29 is 13.5 Å². The lowest BCUT2D eigenvalue weighted by Crippen LogP contribution is -2.30. The minimum absolute atomic E-state index is 0.0401. The molecule has 114 valence electrons. The highest BCUT2D eigenvalue weighted by Gasteiger charge is 2.26. The van der Waals surface area contributed by atoms with Crippen molar-refractivity contribution >= 4 is 21.6 Å². The van der Waals surface area contributed by atoms with E-state index in [1.54, 1.807) is 19.2 Å². The van der Waals surface area contributed by atoms with Gasteiger partial charge in [-0.3, -0.25) is 0 Å². The van der Waals surface area contributed by atoms with Crippen molar-refractivity contribution in [3.05, 3.63) is 47.4 Å². The molecule has 0 fully saturated rings. The number of halogens is 1. The molecule has 21 heavy (non-hydrogen) atoms. The van der Waals surface area contributed by atoms with Crippen LogP contribution in [0.2, 0.25) is 5.15 Å². The van der Waals surface area contributed by atoms with Gasteiger partial charge in [-0.1, -0.05) is 41.9 Å². The van der Waals surface area contributed by atoms with Crippen LogP contribution in [0.5, 0.6) is 0 Å². The molecule has 1 aromatic heterocycles. The van der Waals surface area contributed by atoms with Crippen molar-refractivity contribution in [3.63, 3.8) is 0 Å². The third kappa shape index (κ3) is 3.62. The number of hydrogen-bond donors (Lipinski definition) is 2. The van der Waals surface area contributed by atoms with E-state index in [4.69, 9.17) is 16.7 Å². The Hall–Kier alpha value is -1.41. The van der Waals surface area contributed by atoms with E-state index in [0.29, 0.717) is 0 Å². The molecule has 0 aliphatic carbocycles. The molecule has 2 rings (SSSR count). The predicted octanol–water partition coefficient (Wildman–Crippen LogP) is 1.48. The second-order valence-electron chi connectivity index (χ2n) is 4.55. The summed E-state index contributed by atoms with van der Waals surface area (Å²) in [6.07, 6.45) is 1.59. The van der Waals surface area contributed by atoms with Gasteiger partial charge in [-0.05, 0) is 12.0 Å². The van der Waals surface area contributed by atoms with Crippen molar-refractivity contribution in [1.82, 2.24) is 14.3 Å². The lowest BCUT2D eigenvalue weighted by molar-refractivity contribution is 0.272. The Balaban J connectivity index is 2.30. The molecule has 2 N–H and O–H groups in total. The van der Waals surface area contributed by atoms with Crippen LogP contribution in [0.15, 0.2) is 41.7 Å². The number of aliphatic hydroxyl groups is 1. The number of hydrogen-bond acceptors (Lipinski definition) is 4. The van der Waals surface area contributed by atoms with Crippen LogP contribution in [0, 0.1) is 0 Å². The maximum Gasteiger partial charge on any atom is 0.261 e. The van der Waals surface area contributed by atoms with E-state index in [1.165, 1.54) is 10.9 Å². The number of sulfonamides is 1. The number of benzene rings is 1. The molecule has 1 heterocycles. The van der Waals surface area contributed by atoms with Gasteiger partial charge in [-0.2, -0.15) is 0 Å². The Morgan fingerprint density at radius 1 is 1.38 bits per heavy atom. The van der Waals surface area contributed by atoms with E-state index in [-0.39, 0.29) is 23.2 Å². The molecule has 0 unspecified atom stereocenters. The summed E-state index contributed by atoms with van der Waals surface area (Å²) in [4.78, 5) is 3.81. The molecule has 0 aliphatic heterocycles. The summed E-state index contributed by atoms with van der Waals surface area (Å²) in [7, 11) is -2.26. The van der Waals surface area contributed by atoms with Crippen molar-refractivity contribution in [3.8, 4) is 0 Å². The van der Waals surface area contributed by atoms with Gasteiger partial charge in [0.05, 0.1) is 6.33 Å². The average Bonchev–Trinajstić information content (AvgIpc) is 2.80. The van der Waals surface area contributed by atoms with Gasteiger partial charge in [0, 0.05) is 19.7 Å². The highest BCUT2D eigenvalue weighted by atomic mass is 35.5. The second kappa shape index (κ2) is 6.57. The topological polar surface area (TPSA) is 84.2 Å². The molecule has 0 saturated heterocycles. The summed E-state index contributed by atoms with van der Waals surface area (Å²) in [6.45, 7) is -0.141. The van der Waals surface area contributed by atoms with Gasteiger partial charge in [0.2, 0.25) is 5.03 Å². The number of aliphatic hydroxyl groups excluding tert-OH is 1. The van der Waals surface area contributed by atoms with Crippen LogP contribution in [-0.2, 0) is 17.1 Å². The van der Waals surface area contributed by atoms with Crippen LogP contribution in [0.4, 0.5) is 0 Å². The fourth-order valence-corrected chi connectivity index (χ4v) is 3.61. The number of imidazole rings is 1. The van der Waals surface area contributed by atoms with E-state index in [2.05, 4.69) is 9.71 Å². The van der Waals surface area contributed by atoms with Crippen LogP contribution in [-0.4, -0.2) is 29.7 Å². The summed E-state index contributed by atoms with van der Waals surface area (Å²) in [5.74, 6) is 0. The van der Waals surface area contributed by atoms with Crippen LogP contribution in [0.1, 0.15) is 18.0 Å². The molecule has 8 heteroatoms. The maximum absolute atomic E-state index is 12.4. The van der Waals surface area contributed by atoms with Crippen molar-refractivity contribution in [2.24, 2.45) is 7.05 Å². The number of nitrogens with zero attached hydrogens (tertiary/aromatic N) is 2. The Kier molecular flexibility index (Phi) is 5.00. The van der Waals surface area contributed by atoms with Crippen molar-refractivity contribution in [1.29, 1.82) is 0 Å². The quantitative estimate of drug-likeness (QED) is 0.840. The number of rotatable bonds is 6. The van der Waals surface area contributed by atoms with Gasteiger partial charge in [0.25, 0.3) is 10.0 Å². The molecule has 0 amide bonds. The van der Waals surface area contributed by atoms with E-state index in [9.17, 15) is 8.42 Å². The highest BCUT2D eigenvalue weighted by Crippen LogP contribution is 2.23. The Labute approximate surface area is 128 Å². The third-order valence-corrected chi connectivity index (χ3v) is 4.97. The molecular weight excluding hydrogens is 314 g/mol. The number of aromatic nitrogens is 2. The van der Waals surface area contributed by atoms with Crippen molar-refractivity contribution in [2.45, 2.75) is 17.5 Å². The van der Waals surface area contributed by atoms with Gasteiger partial charge in [0.15, 0.2) is 0 Å². The lowest BCUT2D eigenvalue weighted by atomic mass is 10.1. The van der Waals surface area contributed by atoms with Gasteiger partial charge >= 0.3 is 0 Å². The highest BCUT2D eigenvalue weighted by molar-refractivity contribution is 7.89. The third-order valence-electron chi connectivity index (χ3n) is 3.01. The predicted molar refractivity (Wildman–Crippen MR) is 79.4 cm³/mol. The minimum atomic E-state index is -3.86. The smallest absolute Gasteiger partial charge is 0.261 e. The molecule has 0 spiro atoms. The molecule has 1 atom stereocenters. The molecule has 1 aromatic carbocycles. The minimum Gasteiger partial charge on any atom is -0.396 e. The average molecular weight is 330 g/mol. The monoisotopic (exact) mass is 329 g/mol. The molecule has 6 nitrogen and oxygen atoms in total. The Bertz CT molecular complexity index is 701. The van der Waals surface area contributed by atoms with Crippen LogP contribution >= 0.6 is 11.6 Å². The standard InChI is InChI=1S/C13H16ClN3O3S/c1-17-9-15-13(12(17)14)21(19,20)16-11(7-8-18)10-5-3-2-4-6-10/h2-6,9,11,16,18H,7-8H2,1H3/t11-/m1/s1. The van der Waals surface area contributed by atoms with Gasteiger partial charge < -0.3 is 9.67 Å². The van der Waals surface area contributed by atoms with Crippen molar-refractivity contribution in [2.75, 3.05) is 6.61 Å².